The minimum atomic E-state index is 0.495. The summed E-state index contributed by atoms with van der Waals surface area (Å²) >= 11 is 0. The molecule has 6 heteroatoms. The fourth-order valence-corrected chi connectivity index (χ4v) is 10.3. The number of aryl methyl sites for hydroxylation is 4. The maximum absolute atomic E-state index is 11.4. The summed E-state index contributed by atoms with van der Waals surface area (Å²) in [4.78, 5) is 15.8. The van der Waals surface area contributed by atoms with Gasteiger partial charge in [0.05, 0.1) is 39.0 Å². The van der Waals surface area contributed by atoms with Crippen LogP contribution in [0.4, 0.5) is 0 Å². The summed E-state index contributed by atoms with van der Waals surface area (Å²) in [5, 5.41) is 15.8. The summed E-state index contributed by atoms with van der Waals surface area (Å²) in [6, 6.07) is 70.8. The number of para-hydroxylation sites is 2. The maximum atomic E-state index is 11.4. The molecule has 68 heavy (non-hydrogen) atoms. The van der Waals surface area contributed by atoms with E-state index in [2.05, 4.69) is 170 Å². The van der Waals surface area contributed by atoms with E-state index in [4.69, 9.17) is 15.0 Å². The highest BCUT2D eigenvalue weighted by molar-refractivity contribution is 6.12. The first kappa shape index (κ1) is 40.6. The van der Waals surface area contributed by atoms with Gasteiger partial charge < -0.3 is 9.13 Å². The Morgan fingerprint density at radius 1 is 0.338 bits per heavy atom. The predicted molar refractivity (Wildman–Crippen MR) is 279 cm³/mol. The number of benzene rings is 9. The van der Waals surface area contributed by atoms with Gasteiger partial charge in [-0.3, -0.25) is 0 Å². The Labute approximate surface area is 394 Å². The second kappa shape index (κ2) is 16.2. The molecule has 3 heterocycles. The van der Waals surface area contributed by atoms with E-state index in [1.54, 1.807) is 0 Å². The van der Waals surface area contributed by atoms with Crippen molar-refractivity contribution in [1.82, 2.24) is 24.1 Å². The van der Waals surface area contributed by atoms with Gasteiger partial charge in [0.15, 0.2) is 17.5 Å². The number of nitrogens with zero attached hydrogens (tertiary/aromatic N) is 6. The molecule has 0 unspecified atom stereocenters. The van der Waals surface area contributed by atoms with E-state index < -0.39 is 0 Å². The van der Waals surface area contributed by atoms with E-state index in [0.717, 1.165) is 82.8 Å². The van der Waals surface area contributed by atoms with Gasteiger partial charge in [0, 0.05) is 38.2 Å². The molecule has 0 spiro atoms. The number of fused-ring (bicyclic) bond motifs is 6. The highest BCUT2D eigenvalue weighted by Gasteiger charge is 2.25. The van der Waals surface area contributed by atoms with Crippen molar-refractivity contribution < 1.29 is 0 Å². The number of aromatic nitrogens is 5. The molecular weight excluding hydrogens is 829 g/mol. The van der Waals surface area contributed by atoms with Crippen LogP contribution in [0.1, 0.15) is 27.8 Å². The van der Waals surface area contributed by atoms with E-state index in [0.29, 0.717) is 23.0 Å². The van der Waals surface area contributed by atoms with E-state index in [9.17, 15) is 5.26 Å². The van der Waals surface area contributed by atoms with Crippen LogP contribution in [0.5, 0.6) is 0 Å². The van der Waals surface area contributed by atoms with Gasteiger partial charge in [-0.05, 0) is 98.5 Å². The van der Waals surface area contributed by atoms with Crippen molar-refractivity contribution in [2.24, 2.45) is 0 Å². The average Bonchev–Trinajstić information content (AvgIpc) is 3.88. The van der Waals surface area contributed by atoms with E-state index in [1.807, 2.05) is 66.7 Å². The van der Waals surface area contributed by atoms with Crippen molar-refractivity contribution in [2.45, 2.75) is 27.7 Å². The normalized spacial score (nSPS) is 11.5. The van der Waals surface area contributed by atoms with Crippen LogP contribution < -0.4 is 0 Å². The third kappa shape index (κ3) is 6.92. The van der Waals surface area contributed by atoms with Crippen molar-refractivity contribution >= 4 is 43.6 Å². The molecular formula is C62H44N6. The third-order valence-electron chi connectivity index (χ3n) is 13.1. The zero-order valence-corrected chi connectivity index (χ0v) is 38.2. The molecule has 0 saturated carbocycles. The number of nitriles is 1. The maximum Gasteiger partial charge on any atom is 0.166 e. The van der Waals surface area contributed by atoms with Crippen molar-refractivity contribution in [2.75, 3.05) is 0 Å². The fraction of sp³-hybridized carbons (Fsp3) is 0.0645. The van der Waals surface area contributed by atoms with E-state index >= 15 is 0 Å². The number of rotatable bonds is 7. The molecule has 12 aromatic rings. The molecule has 0 saturated heterocycles. The van der Waals surface area contributed by atoms with Gasteiger partial charge in [-0.1, -0.05) is 168 Å². The number of hydrogen-bond donors (Lipinski definition) is 0. The van der Waals surface area contributed by atoms with Crippen LogP contribution in [-0.4, -0.2) is 24.1 Å². The second-order valence-corrected chi connectivity index (χ2v) is 18.0. The van der Waals surface area contributed by atoms with Crippen LogP contribution in [-0.2, 0) is 0 Å². The third-order valence-corrected chi connectivity index (χ3v) is 13.1. The number of hydrogen-bond acceptors (Lipinski definition) is 4. The van der Waals surface area contributed by atoms with E-state index in [1.165, 1.54) is 33.4 Å². The van der Waals surface area contributed by atoms with Gasteiger partial charge in [-0.25, -0.2) is 15.0 Å². The molecule has 0 fully saturated rings. The Morgan fingerprint density at radius 2 is 0.750 bits per heavy atom. The summed E-state index contributed by atoms with van der Waals surface area (Å²) in [7, 11) is 0. The molecule has 0 N–H and O–H groups in total. The lowest BCUT2D eigenvalue weighted by molar-refractivity contribution is 1.06. The Bertz CT molecular complexity index is 3920. The molecule has 0 aliphatic rings. The van der Waals surface area contributed by atoms with Gasteiger partial charge in [0.2, 0.25) is 0 Å². The molecule has 12 rings (SSSR count). The van der Waals surface area contributed by atoms with Crippen LogP contribution >= 0.6 is 0 Å². The summed E-state index contributed by atoms with van der Waals surface area (Å²) in [6.45, 7) is 8.59. The zero-order valence-electron chi connectivity index (χ0n) is 38.2. The predicted octanol–water partition coefficient (Wildman–Crippen LogP) is 15.5. The lowest BCUT2D eigenvalue weighted by Gasteiger charge is -2.19. The summed E-state index contributed by atoms with van der Waals surface area (Å²) in [6.07, 6.45) is 0. The molecule has 0 radical (unpaired) electrons. The Morgan fingerprint density at radius 3 is 1.22 bits per heavy atom. The first-order valence-corrected chi connectivity index (χ1v) is 23.0. The average molecular weight is 873 g/mol. The van der Waals surface area contributed by atoms with Gasteiger partial charge >= 0.3 is 0 Å². The highest BCUT2D eigenvalue weighted by Crippen LogP contribution is 2.42. The smallest absolute Gasteiger partial charge is 0.166 e. The van der Waals surface area contributed by atoms with Crippen molar-refractivity contribution in [1.29, 1.82) is 5.26 Å². The van der Waals surface area contributed by atoms with Gasteiger partial charge in [0.1, 0.15) is 6.07 Å². The summed E-state index contributed by atoms with van der Waals surface area (Å²) in [5.41, 5.74) is 18.1. The minimum Gasteiger partial charge on any atom is -0.308 e. The largest absolute Gasteiger partial charge is 0.308 e. The van der Waals surface area contributed by atoms with Crippen LogP contribution in [0.3, 0.4) is 0 Å². The molecule has 0 aliphatic carbocycles. The zero-order chi connectivity index (χ0) is 46.0. The Hall–Kier alpha value is -8.92. The van der Waals surface area contributed by atoms with Gasteiger partial charge in [0.25, 0.3) is 0 Å². The highest BCUT2D eigenvalue weighted by atomic mass is 15.1. The molecule has 322 valence electrons. The monoisotopic (exact) mass is 872 g/mol. The molecule has 6 nitrogen and oxygen atoms in total. The van der Waals surface area contributed by atoms with E-state index in [-0.39, 0.29) is 0 Å². The Balaban J connectivity index is 1.17. The van der Waals surface area contributed by atoms with Crippen LogP contribution in [0.2, 0.25) is 0 Å². The molecule has 0 aliphatic heterocycles. The van der Waals surface area contributed by atoms with Crippen molar-refractivity contribution in [3.8, 4) is 73.9 Å². The molecule has 0 atom stereocenters. The quantitative estimate of drug-likeness (QED) is 0.160. The molecule has 3 aromatic heterocycles. The minimum absolute atomic E-state index is 0.495. The van der Waals surface area contributed by atoms with Crippen molar-refractivity contribution in [3.05, 3.63) is 222 Å². The van der Waals surface area contributed by atoms with Gasteiger partial charge in [-0.2, -0.15) is 5.26 Å². The Kier molecular flexibility index (Phi) is 9.67. The standard InChI is InChI=1S/C62H44N6/c1-38-27-39(2)30-46(29-38)44-23-25-56-51(33-44)49-19-11-13-21-54(49)67(56)58-36-53(62-65-60(42-15-7-5-8-16-42)64-61(66-62)43-17-9-6-10-18-43)59(35-48(58)37-63)68-55-22-14-12-20-50(55)52-34-45(24-26-57(52)68)47-31-40(3)28-41(4)32-47/h5-36H,1-4H3. The lowest BCUT2D eigenvalue weighted by atomic mass is 9.99. The van der Waals surface area contributed by atoms with Crippen molar-refractivity contribution in [3.63, 3.8) is 0 Å². The molecule has 0 amide bonds. The topological polar surface area (TPSA) is 72.3 Å². The summed E-state index contributed by atoms with van der Waals surface area (Å²) in [5.74, 6) is 1.61. The lowest BCUT2D eigenvalue weighted by Crippen LogP contribution is -2.07. The van der Waals surface area contributed by atoms with Gasteiger partial charge in [-0.15, -0.1) is 0 Å². The molecule has 0 bridgehead atoms. The van der Waals surface area contributed by atoms with Crippen LogP contribution in [0, 0.1) is 39.0 Å². The van der Waals surface area contributed by atoms with Crippen LogP contribution in [0.15, 0.2) is 194 Å². The second-order valence-electron chi connectivity index (χ2n) is 18.0. The first-order valence-electron chi connectivity index (χ1n) is 23.0. The summed E-state index contributed by atoms with van der Waals surface area (Å²) < 4.78 is 4.52. The fourth-order valence-electron chi connectivity index (χ4n) is 10.3. The SMILES string of the molecule is Cc1cc(C)cc(-c2ccc3c(c2)c2ccccc2n3-c2cc(-c3nc(-c4ccccc4)nc(-c4ccccc4)n3)c(-n3c4ccccc4c4cc(-c5cc(C)cc(C)c5)ccc43)cc2C#N)c1. The first-order chi connectivity index (χ1) is 33.3. The molecule has 9 aromatic carbocycles. The van der Waals surface area contributed by atoms with Crippen LogP contribution in [0.25, 0.3) is 111 Å².